The Morgan fingerprint density at radius 1 is 1.36 bits per heavy atom. The topological polar surface area (TPSA) is 17.1 Å². The van der Waals surface area contributed by atoms with Crippen LogP contribution in [0.4, 0.5) is 0 Å². The molecule has 0 amide bonds. The molecule has 0 saturated carbocycles. The van der Waals surface area contributed by atoms with Crippen molar-refractivity contribution in [2.75, 3.05) is 0 Å². The van der Waals surface area contributed by atoms with Crippen molar-refractivity contribution < 1.29 is 4.79 Å². The minimum absolute atomic E-state index is 0.199. The van der Waals surface area contributed by atoms with E-state index in [1.54, 1.807) is 0 Å². The monoisotopic (exact) mass is 250 g/mol. The molecule has 0 saturated heterocycles. The zero-order valence-electron chi connectivity index (χ0n) is 7.79. The first kappa shape index (κ1) is 11.0. The Kier molecular flexibility index (Phi) is 4.42. The first-order valence-electron chi connectivity index (χ1n) is 4.42. The minimum Gasteiger partial charge on any atom is -0.299 e. The zero-order valence-corrected chi connectivity index (χ0v) is 9.38. The normalized spacial score (nSPS) is 9.43. The van der Waals surface area contributed by atoms with Crippen LogP contribution in [-0.2, 0) is 11.2 Å². The molecular weight excluding hydrogens is 240 g/mol. The number of hydrogen-bond donors (Lipinski definition) is 0. The molecule has 0 atom stereocenters. The van der Waals surface area contributed by atoms with E-state index in [9.17, 15) is 4.79 Å². The lowest BCUT2D eigenvalue weighted by molar-refractivity contribution is -0.118. The van der Waals surface area contributed by atoms with Crippen molar-refractivity contribution in [2.45, 2.75) is 19.3 Å². The van der Waals surface area contributed by atoms with Gasteiger partial charge in [-0.25, -0.2) is 0 Å². The standard InChI is InChI=1S/C12H11BrO/c1-2-3-4-12(14)9-10-5-7-11(13)8-6-10/h1,5-8H,3-4,9H2. The second-order valence-corrected chi connectivity index (χ2v) is 3.96. The summed E-state index contributed by atoms with van der Waals surface area (Å²) in [5.41, 5.74) is 1.04. The SMILES string of the molecule is C#CCCC(=O)Cc1ccc(Br)cc1. The van der Waals surface area contributed by atoms with Crippen molar-refractivity contribution in [1.29, 1.82) is 0 Å². The highest BCUT2D eigenvalue weighted by atomic mass is 79.9. The molecular formula is C12H11BrO. The summed E-state index contributed by atoms with van der Waals surface area (Å²) in [5, 5.41) is 0. The Labute approximate surface area is 92.6 Å². The fraction of sp³-hybridized carbons (Fsp3) is 0.250. The number of halogens is 1. The average Bonchev–Trinajstić information content (AvgIpc) is 2.18. The first-order chi connectivity index (χ1) is 6.72. The Hall–Kier alpha value is -1.07. The van der Waals surface area contributed by atoms with Gasteiger partial charge in [-0.3, -0.25) is 4.79 Å². The summed E-state index contributed by atoms with van der Waals surface area (Å²) in [4.78, 5) is 11.3. The lowest BCUT2D eigenvalue weighted by atomic mass is 10.1. The predicted molar refractivity (Wildman–Crippen MR) is 60.9 cm³/mol. The van der Waals surface area contributed by atoms with E-state index in [0.29, 0.717) is 19.3 Å². The fourth-order valence-electron chi connectivity index (χ4n) is 1.13. The fourth-order valence-corrected chi connectivity index (χ4v) is 1.39. The third-order valence-corrected chi connectivity index (χ3v) is 2.39. The molecule has 1 aromatic carbocycles. The molecule has 0 spiro atoms. The van der Waals surface area contributed by atoms with Crippen molar-refractivity contribution in [2.24, 2.45) is 0 Å². The second kappa shape index (κ2) is 5.62. The predicted octanol–water partition coefficient (Wildman–Crippen LogP) is 2.97. The molecule has 2 heteroatoms. The highest BCUT2D eigenvalue weighted by Gasteiger charge is 2.02. The molecule has 14 heavy (non-hydrogen) atoms. The van der Waals surface area contributed by atoms with Crippen LogP contribution >= 0.6 is 15.9 Å². The van der Waals surface area contributed by atoms with Crippen LogP contribution in [0.3, 0.4) is 0 Å². The molecule has 0 N–H and O–H groups in total. The van der Waals surface area contributed by atoms with Crippen LogP contribution in [0.2, 0.25) is 0 Å². The lowest BCUT2D eigenvalue weighted by Crippen LogP contribution is -2.01. The van der Waals surface area contributed by atoms with Crippen molar-refractivity contribution in [3.63, 3.8) is 0 Å². The van der Waals surface area contributed by atoms with E-state index in [-0.39, 0.29) is 5.78 Å². The van der Waals surface area contributed by atoms with Gasteiger partial charge in [-0.1, -0.05) is 28.1 Å². The summed E-state index contributed by atoms with van der Waals surface area (Å²) in [6, 6.07) is 7.75. The smallest absolute Gasteiger partial charge is 0.138 e. The van der Waals surface area contributed by atoms with Gasteiger partial charge in [0.1, 0.15) is 5.78 Å². The van der Waals surface area contributed by atoms with Crippen LogP contribution in [-0.4, -0.2) is 5.78 Å². The quantitative estimate of drug-likeness (QED) is 0.752. The summed E-state index contributed by atoms with van der Waals surface area (Å²) in [5.74, 6) is 2.66. The maximum atomic E-state index is 11.3. The van der Waals surface area contributed by atoms with E-state index < -0.39 is 0 Å². The third-order valence-electron chi connectivity index (χ3n) is 1.86. The molecule has 0 heterocycles. The molecule has 1 nitrogen and oxygen atoms in total. The van der Waals surface area contributed by atoms with Gasteiger partial charge in [-0.15, -0.1) is 12.3 Å². The molecule has 72 valence electrons. The van der Waals surface area contributed by atoms with Crippen molar-refractivity contribution >= 4 is 21.7 Å². The van der Waals surface area contributed by atoms with Gasteiger partial charge in [-0.2, -0.15) is 0 Å². The molecule has 0 aliphatic rings. The van der Waals surface area contributed by atoms with E-state index in [0.717, 1.165) is 10.0 Å². The number of benzene rings is 1. The van der Waals surface area contributed by atoms with Gasteiger partial charge in [0.2, 0.25) is 0 Å². The highest BCUT2D eigenvalue weighted by Crippen LogP contribution is 2.11. The summed E-state index contributed by atoms with van der Waals surface area (Å²) in [6.45, 7) is 0. The maximum absolute atomic E-state index is 11.3. The van der Waals surface area contributed by atoms with Gasteiger partial charge in [0.25, 0.3) is 0 Å². The van der Waals surface area contributed by atoms with Crippen molar-refractivity contribution in [3.8, 4) is 12.3 Å². The van der Waals surface area contributed by atoms with Gasteiger partial charge in [0, 0.05) is 23.7 Å². The Balaban J connectivity index is 2.49. The molecule has 0 unspecified atom stereocenters. The summed E-state index contributed by atoms with van der Waals surface area (Å²) in [7, 11) is 0. The van der Waals surface area contributed by atoms with E-state index in [1.807, 2.05) is 24.3 Å². The van der Waals surface area contributed by atoms with E-state index >= 15 is 0 Å². The maximum Gasteiger partial charge on any atom is 0.138 e. The van der Waals surface area contributed by atoms with Crippen LogP contribution in [0.5, 0.6) is 0 Å². The van der Waals surface area contributed by atoms with E-state index in [2.05, 4.69) is 21.9 Å². The van der Waals surface area contributed by atoms with Crippen LogP contribution in [0.15, 0.2) is 28.7 Å². The number of hydrogen-bond acceptors (Lipinski definition) is 1. The minimum atomic E-state index is 0.199. The molecule has 0 bridgehead atoms. The number of carbonyl (C=O) groups is 1. The molecule has 0 radical (unpaired) electrons. The number of Topliss-reactive ketones (excluding diaryl/α,β-unsaturated/α-hetero) is 1. The lowest BCUT2D eigenvalue weighted by Gasteiger charge is -1.99. The van der Waals surface area contributed by atoms with E-state index in [1.165, 1.54) is 0 Å². The average molecular weight is 251 g/mol. The Morgan fingerprint density at radius 3 is 2.57 bits per heavy atom. The van der Waals surface area contributed by atoms with Gasteiger partial charge >= 0.3 is 0 Å². The molecule has 0 aliphatic carbocycles. The van der Waals surface area contributed by atoms with E-state index in [4.69, 9.17) is 6.42 Å². The Bertz CT molecular complexity index is 346. The molecule has 1 aromatic rings. The largest absolute Gasteiger partial charge is 0.299 e. The van der Waals surface area contributed by atoms with Gasteiger partial charge in [0.05, 0.1) is 0 Å². The second-order valence-electron chi connectivity index (χ2n) is 3.05. The molecule has 0 aromatic heterocycles. The summed E-state index contributed by atoms with van der Waals surface area (Å²) in [6.07, 6.45) is 6.58. The summed E-state index contributed by atoms with van der Waals surface area (Å²) >= 11 is 3.34. The first-order valence-corrected chi connectivity index (χ1v) is 5.21. The third kappa shape index (κ3) is 3.76. The number of rotatable bonds is 4. The Morgan fingerprint density at radius 2 is 2.00 bits per heavy atom. The zero-order chi connectivity index (χ0) is 10.4. The van der Waals surface area contributed by atoms with Crippen LogP contribution in [0.1, 0.15) is 18.4 Å². The number of ketones is 1. The van der Waals surface area contributed by atoms with Gasteiger partial charge in [0.15, 0.2) is 0 Å². The van der Waals surface area contributed by atoms with Crippen LogP contribution < -0.4 is 0 Å². The van der Waals surface area contributed by atoms with Crippen LogP contribution in [0, 0.1) is 12.3 Å². The van der Waals surface area contributed by atoms with Gasteiger partial charge < -0.3 is 0 Å². The van der Waals surface area contributed by atoms with Crippen LogP contribution in [0.25, 0.3) is 0 Å². The van der Waals surface area contributed by atoms with Crippen molar-refractivity contribution in [3.05, 3.63) is 34.3 Å². The summed E-state index contributed by atoms with van der Waals surface area (Å²) < 4.78 is 1.03. The van der Waals surface area contributed by atoms with Gasteiger partial charge in [-0.05, 0) is 17.7 Å². The molecule has 0 fully saturated rings. The van der Waals surface area contributed by atoms with Crippen molar-refractivity contribution in [1.82, 2.24) is 0 Å². The molecule has 1 rings (SSSR count). The number of carbonyl (C=O) groups excluding carboxylic acids is 1. The number of terminal acetylenes is 1. The molecule has 0 aliphatic heterocycles. The highest BCUT2D eigenvalue weighted by molar-refractivity contribution is 9.10.